The molecule has 3 unspecified atom stereocenters. The molecule has 0 radical (unpaired) electrons. The first-order valence-corrected chi connectivity index (χ1v) is 5.91. The third-order valence-corrected chi connectivity index (χ3v) is 3.16. The minimum absolute atomic E-state index is 0.329. The van der Waals surface area contributed by atoms with Crippen molar-refractivity contribution in [1.82, 2.24) is 0 Å². The van der Waals surface area contributed by atoms with Crippen molar-refractivity contribution in [1.29, 1.82) is 0 Å². The minimum Gasteiger partial charge on any atom is -0.391 e. The summed E-state index contributed by atoms with van der Waals surface area (Å²) in [6.07, 6.45) is 5.16. The molecule has 1 saturated carbocycles. The van der Waals surface area contributed by atoms with Crippen LogP contribution in [0.5, 0.6) is 0 Å². The Hall–Kier alpha value is -0.0800. The van der Waals surface area contributed by atoms with Gasteiger partial charge in [0, 0.05) is 0 Å². The Balaban J connectivity index is 2.38. The molecule has 0 aromatic carbocycles. The highest BCUT2D eigenvalue weighted by molar-refractivity contribution is 4.78. The van der Waals surface area contributed by atoms with E-state index in [0.29, 0.717) is 24.5 Å². The third kappa shape index (κ3) is 3.58. The van der Waals surface area contributed by atoms with Crippen molar-refractivity contribution in [3.05, 3.63) is 0 Å². The predicted molar refractivity (Wildman–Crippen MR) is 58.2 cm³/mol. The molecule has 1 aliphatic carbocycles. The molecule has 0 bridgehead atoms. The van der Waals surface area contributed by atoms with Gasteiger partial charge in [-0.05, 0) is 31.6 Å². The summed E-state index contributed by atoms with van der Waals surface area (Å²) in [6, 6.07) is 0. The lowest BCUT2D eigenvalue weighted by Crippen LogP contribution is -2.33. The summed E-state index contributed by atoms with van der Waals surface area (Å²) < 4.78 is 5.77. The average Bonchev–Trinajstić information content (AvgIpc) is 2.15. The highest BCUT2D eigenvalue weighted by Crippen LogP contribution is 2.32. The van der Waals surface area contributed by atoms with E-state index in [0.717, 1.165) is 0 Å². The van der Waals surface area contributed by atoms with Crippen LogP contribution in [0.1, 0.15) is 46.5 Å². The quantitative estimate of drug-likeness (QED) is 0.756. The van der Waals surface area contributed by atoms with Gasteiger partial charge in [-0.1, -0.05) is 26.7 Å². The van der Waals surface area contributed by atoms with E-state index in [1.807, 2.05) is 0 Å². The van der Waals surface area contributed by atoms with Crippen molar-refractivity contribution < 1.29 is 9.84 Å². The van der Waals surface area contributed by atoms with Crippen molar-refractivity contribution in [3.63, 3.8) is 0 Å². The number of aliphatic hydroxyl groups is 1. The van der Waals surface area contributed by atoms with Gasteiger partial charge < -0.3 is 9.84 Å². The Morgan fingerprint density at radius 2 is 1.86 bits per heavy atom. The molecule has 0 aromatic heterocycles. The highest BCUT2D eigenvalue weighted by Gasteiger charge is 2.28. The minimum atomic E-state index is -0.329. The van der Waals surface area contributed by atoms with Crippen molar-refractivity contribution in [3.8, 4) is 0 Å². The number of aliphatic hydroxyl groups excluding tert-OH is 1. The van der Waals surface area contributed by atoms with Gasteiger partial charge in [-0.15, -0.1) is 0 Å². The van der Waals surface area contributed by atoms with E-state index in [-0.39, 0.29) is 6.10 Å². The predicted octanol–water partition coefficient (Wildman–Crippen LogP) is 2.60. The van der Waals surface area contributed by atoms with E-state index in [4.69, 9.17) is 4.74 Å². The van der Waals surface area contributed by atoms with Gasteiger partial charge in [0.25, 0.3) is 0 Å². The maximum absolute atomic E-state index is 9.18. The van der Waals surface area contributed by atoms with Crippen LogP contribution in [-0.2, 0) is 4.74 Å². The van der Waals surface area contributed by atoms with E-state index in [2.05, 4.69) is 13.8 Å². The first-order valence-electron chi connectivity index (χ1n) is 5.91. The maximum Gasteiger partial charge on any atom is 0.0745 e. The zero-order chi connectivity index (χ0) is 10.6. The van der Waals surface area contributed by atoms with Gasteiger partial charge in [0.15, 0.2) is 0 Å². The second-order valence-electron chi connectivity index (χ2n) is 4.91. The third-order valence-electron chi connectivity index (χ3n) is 3.16. The summed E-state index contributed by atoms with van der Waals surface area (Å²) in [6.45, 7) is 6.82. The molecule has 0 aliphatic heterocycles. The fourth-order valence-corrected chi connectivity index (χ4v) is 2.36. The molecule has 0 aromatic rings. The molecular weight excluding hydrogens is 176 g/mol. The molecule has 3 atom stereocenters. The van der Waals surface area contributed by atoms with Gasteiger partial charge in [-0.3, -0.25) is 0 Å². The summed E-state index contributed by atoms with van der Waals surface area (Å²) in [4.78, 5) is 0. The fraction of sp³-hybridized carbons (Fsp3) is 1.00. The van der Waals surface area contributed by atoms with Crippen molar-refractivity contribution in [2.24, 2.45) is 11.8 Å². The molecule has 1 fully saturated rings. The van der Waals surface area contributed by atoms with E-state index >= 15 is 0 Å². The smallest absolute Gasteiger partial charge is 0.0745 e. The van der Waals surface area contributed by atoms with E-state index < -0.39 is 0 Å². The van der Waals surface area contributed by atoms with Crippen molar-refractivity contribution >= 4 is 0 Å². The Labute approximate surface area is 87.7 Å². The van der Waals surface area contributed by atoms with Gasteiger partial charge in [-0.25, -0.2) is 0 Å². The summed E-state index contributed by atoms with van der Waals surface area (Å²) >= 11 is 0. The lowest BCUT2D eigenvalue weighted by Gasteiger charge is -2.34. The molecule has 84 valence electrons. The Bertz CT molecular complexity index is 154. The Morgan fingerprint density at radius 1 is 1.21 bits per heavy atom. The lowest BCUT2D eigenvalue weighted by molar-refractivity contribution is -0.0560. The second-order valence-corrected chi connectivity index (χ2v) is 4.91. The normalized spacial score (nSPS) is 30.6. The molecule has 2 heteroatoms. The van der Waals surface area contributed by atoms with Crippen LogP contribution in [0.25, 0.3) is 0 Å². The van der Waals surface area contributed by atoms with E-state index in [1.165, 1.54) is 25.7 Å². The van der Waals surface area contributed by atoms with Crippen LogP contribution in [0.2, 0.25) is 0 Å². The molecule has 1 N–H and O–H groups in total. The van der Waals surface area contributed by atoms with Crippen molar-refractivity contribution in [2.75, 3.05) is 6.61 Å². The van der Waals surface area contributed by atoms with Crippen LogP contribution in [0.4, 0.5) is 0 Å². The van der Waals surface area contributed by atoms with Gasteiger partial charge in [-0.2, -0.15) is 0 Å². The molecule has 0 spiro atoms. The molecule has 0 saturated heterocycles. The van der Waals surface area contributed by atoms with Crippen LogP contribution in [0.15, 0.2) is 0 Å². The van der Waals surface area contributed by atoms with Crippen LogP contribution in [0, 0.1) is 11.8 Å². The largest absolute Gasteiger partial charge is 0.391 e. The van der Waals surface area contributed by atoms with Crippen LogP contribution in [-0.4, -0.2) is 23.9 Å². The number of rotatable bonds is 4. The number of hydrogen-bond acceptors (Lipinski definition) is 2. The van der Waals surface area contributed by atoms with E-state index in [9.17, 15) is 5.11 Å². The van der Waals surface area contributed by atoms with E-state index in [1.54, 1.807) is 6.92 Å². The summed E-state index contributed by atoms with van der Waals surface area (Å²) in [5.41, 5.74) is 0. The van der Waals surface area contributed by atoms with Crippen molar-refractivity contribution in [2.45, 2.75) is 58.7 Å². The average molecular weight is 200 g/mol. The zero-order valence-corrected chi connectivity index (χ0v) is 9.70. The van der Waals surface area contributed by atoms with Crippen LogP contribution < -0.4 is 0 Å². The highest BCUT2D eigenvalue weighted by atomic mass is 16.5. The fourth-order valence-electron chi connectivity index (χ4n) is 2.36. The topological polar surface area (TPSA) is 29.5 Å². The molecule has 0 heterocycles. The molecular formula is C12H24O2. The monoisotopic (exact) mass is 200 g/mol. The standard InChI is InChI=1S/C12H24O2/c1-9(2)11-6-4-5-7-12(11)14-8-10(3)13/h9-13H,4-8H2,1-3H3. The second kappa shape index (κ2) is 5.72. The maximum atomic E-state index is 9.18. The van der Waals surface area contributed by atoms with Gasteiger partial charge >= 0.3 is 0 Å². The number of hydrogen-bond donors (Lipinski definition) is 1. The Morgan fingerprint density at radius 3 is 2.43 bits per heavy atom. The SMILES string of the molecule is CC(O)COC1CCCCC1C(C)C. The van der Waals surface area contributed by atoms with Gasteiger partial charge in [0.2, 0.25) is 0 Å². The first kappa shape index (κ1) is 12.0. The first-order chi connectivity index (χ1) is 6.61. The summed E-state index contributed by atoms with van der Waals surface area (Å²) in [5, 5.41) is 9.18. The molecule has 2 nitrogen and oxygen atoms in total. The molecule has 14 heavy (non-hydrogen) atoms. The molecule has 1 rings (SSSR count). The lowest BCUT2D eigenvalue weighted by atomic mass is 9.79. The molecule has 0 amide bonds. The molecule has 1 aliphatic rings. The van der Waals surface area contributed by atoms with Gasteiger partial charge in [0.1, 0.15) is 0 Å². The summed E-state index contributed by atoms with van der Waals surface area (Å²) in [5.74, 6) is 1.40. The Kier molecular flexibility index (Phi) is 4.90. The van der Waals surface area contributed by atoms with Crippen LogP contribution in [0.3, 0.4) is 0 Å². The van der Waals surface area contributed by atoms with Gasteiger partial charge in [0.05, 0.1) is 18.8 Å². The summed E-state index contributed by atoms with van der Waals surface area (Å²) in [7, 11) is 0. The van der Waals surface area contributed by atoms with Crippen LogP contribution >= 0.6 is 0 Å². The zero-order valence-electron chi connectivity index (χ0n) is 9.70. The number of ether oxygens (including phenoxy) is 1.